The fraction of sp³-hybridized carbons (Fsp3) is 0.292. The molecule has 1 N–H and O–H groups in total. The monoisotopic (exact) mass is 435 g/mol. The summed E-state index contributed by atoms with van der Waals surface area (Å²) in [5.41, 5.74) is 4.14. The smallest absolute Gasteiger partial charge is 0.297 e. The van der Waals surface area contributed by atoms with Gasteiger partial charge in [0.2, 0.25) is 11.5 Å². The number of carbonyl (C=O) groups is 1. The summed E-state index contributed by atoms with van der Waals surface area (Å²) in [5.74, 6) is 0.0277. The number of amides is 1. The number of nitrogens with zero attached hydrogens (tertiary/aromatic N) is 2. The van der Waals surface area contributed by atoms with Crippen molar-refractivity contribution in [3.63, 3.8) is 0 Å². The maximum atomic E-state index is 13.2. The van der Waals surface area contributed by atoms with Crippen molar-refractivity contribution in [3.05, 3.63) is 63.9 Å². The van der Waals surface area contributed by atoms with Crippen LogP contribution in [0.3, 0.4) is 0 Å². The Balaban J connectivity index is 1.65. The highest BCUT2D eigenvalue weighted by Crippen LogP contribution is 2.27. The Bertz CT molecular complexity index is 1320. The molecule has 4 rings (SSSR count). The quantitative estimate of drug-likeness (QED) is 0.315. The van der Waals surface area contributed by atoms with Gasteiger partial charge in [-0.1, -0.05) is 49.4 Å². The highest BCUT2D eigenvalue weighted by Gasteiger charge is 2.18. The van der Waals surface area contributed by atoms with E-state index in [0.717, 1.165) is 35.0 Å². The number of para-hydroxylation sites is 1. The van der Waals surface area contributed by atoms with Gasteiger partial charge in [0.25, 0.3) is 5.56 Å². The summed E-state index contributed by atoms with van der Waals surface area (Å²) < 4.78 is 7.43. The van der Waals surface area contributed by atoms with Crippen molar-refractivity contribution in [1.82, 2.24) is 9.55 Å². The van der Waals surface area contributed by atoms with Gasteiger partial charge in [0.15, 0.2) is 5.16 Å². The summed E-state index contributed by atoms with van der Waals surface area (Å²) in [4.78, 5) is 30.5. The Hall–Kier alpha value is -3.06. The molecule has 4 aromatic rings. The molecule has 1 amide bonds. The van der Waals surface area contributed by atoms with E-state index in [2.05, 4.69) is 12.2 Å². The van der Waals surface area contributed by atoms with E-state index >= 15 is 0 Å². The minimum atomic E-state index is -0.202. The number of fused-ring (bicyclic) bond motifs is 3. The first-order chi connectivity index (χ1) is 15.0. The molecule has 2 aromatic carbocycles. The molecule has 0 unspecified atom stereocenters. The van der Waals surface area contributed by atoms with Crippen molar-refractivity contribution >= 4 is 45.4 Å². The van der Waals surface area contributed by atoms with Gasteiger partial charge in [-0.25, -0.2) is 4.98 Å². The van der Waals surface area contributed by atoms with Crippen molar-refractivity contribution in [1.29, 1.82) is 0 Å². The molecule has 0 radical (unpaired) electrons. The third kappa shape index (κ3) is 4.37. The molecule has 160 valence electrons. The van der Waals surface area contributed by atoms with E-state index in [4.69, 9.17) is 9.40 Å². The molecule has 0 aliphatic heterocycles. The van der Waals surface area contributed by atoms with Gasteiger partial charge in [-0.2, -0.15) is 0 Å². The standard InChI is InChI=1S/C24H25N3O3S/c1-4-5-12-27-23(29)22-21(17-8-6-7-9-19(17)30-22)26-24(27)31-14-20(28)25-18-13-15(2)10-11-16(18)3/h6-11,13H,4-5,12,14H2,1-3H3,(H,25,28). The van der Waals surface area contributed by atoms with Gasteiger partial charge >= 0.3 is 0 Å². The normalized spacial score (nSPS) is 11.3. The Labute approximate surface area is 184 Å². The van der Waals surface area contributed by atoms with E-state index in [1.54, 1.807) is 4.57 Å². The molecule has 0 spiro atoms. The Morgan fingerprint density at radius 1 is 1.19 bits per heavy atom. The topological polar surface area (TPSA) is 77.1 Å². The van der Waals surface area contributed by atoms with Crippen LogP contribution in [0.25, 0.3) is 22.1 Å². The van der Waals surface area contributed by atoms with E-state index in [-0.39, 0.29) is 22.8 Å². The number of carbonyl (C=O) groups excluding carboxylic acids is 1. The molecular formula is C24H25N3O3S. The zero-order valence-corrected chi connectivity index (χ0v) is 18.7. The number of benzene rings is 2. The fourth-order valence-corrected chi connectivity index (χ4v) is 4.28. The molecule has 2 heterocycles. The molecule has 0 atom stereocenters. The zero-order chi connectivity index (χ0) is 22.0. The fourth-order valence-electron chi connectivity index (χ4n) is 3.46. The van der Waals surface area contributed by atoms with Gasteiger partial charge in [0.1, 0.15) is 11.1 Å². The number of rotatable bonds is 7. The molecule has 31 heavy (non-hydrogen) atoms. The van der Waals surface area contributed by atoms with Crippen molar-refractivity contribution in [2.45, 2.75) is 45.3 Å². The number of hydrogen-bond donors (Lipinski definition) is 1. The van der Waals surface area contributed by atoms with Crippen LogP contribution in [0.15, 0.2) is 56.8 Å². The number of hydrogen-bond acceptors (Lipinski definition) is 5. The molecule has 7 heteroatoms. The Kier molecular flexibility index (Phi) is 6.13. The highest BCUT2D eigenvalue weighted by atomic mass is 32.2. The van der Waals surface area contributed by atoms with Crippen LogP contribution >= 0.6 is 11.8 Å². The number of aryl methyl sites for hydroxylation is 2. The van der Waals surface area contributed by atoms with Crippen LogP contribution in [0.5, 0.6) is 0 Å². The largest absolute Gasteiger partial charge is 0.448 e. The predicted octanol–water partition coefficient (Wildman–Crippen LogP) is 5.29. The molecule has 0 aliphatic rings. The summed E-state index contributed by atoms with van der Waals surface area (Å²) in [5, 5.41) is 4.31. The zero-order valence-electron chi connectivity index (χ0n) is 17.9. The lowest BCUT2D eigenvalue weighted by Gasteiger charge is -2.12. The number of nitrogens with one attached hydrogen (secondary N) is 1. The minimum absolute atomic E-state index is 0.132. The molecule has 2 aromatic heterocycles. The third-order valence-electron chi connectivity index (χ3n) is 5.18. The second-order valence-corrected chi connectivity index (χ2v) is 8.58. The average molecular weight is 436 g/mol. The van der Waals surface area contributed by atoms with Crippen LogP contribution in [0.2, 0.25) is 0 Å². The summed E-state index contributed by atoms with van der Waals surface area (Å²) in [7, 11) is 0. The summed E-state index contributed by atoms with van der Waals surface area (Å²) in [6.07, 6.45) is 1.79. The molecule has 0 aliphatic carbocycles. The van der Waals surface area contributed by atoms with E-state index in [1.165, 1.54) is 11.8 Å². The van der Waals surface area contributed by atoms with Crippen molar-refractivity contribution in [2.75, 3.05) is 11.1 Å². The lowest BCUT2D eigenvalue weighted by atomic mass is 10.1. The highest BCUT2D eigenvalue weighted by molar-refractivity contribution is 7.99. The Morgan fingerprint density at radius 3 is 2.81 bits per heavy atom. The van der Waals surface area contributed by atoms with Crippen LogP contribution in [0.1, 0.15) is 30.9 Å². The summed E-state index contributed by atoms with van der Waals surface area (Å²) >= 11 is 1.27. The lowest BCUT2D eigenvalue weighted by molar-refractivity contribution is -0.113. The SMILES string of the molecule is CCCCn1c(SCC(=O)Nc2cc(C)ccc2C)nc2c(oc3ccccc32)c1=O. The van der Waals surface area contributed by atoms with E-state index in [1.807, 2.05) is 56.3 Å². The average Bonchev–Trinajstić information content (AvgIpc) is 3.13. The number of unbranched alkanes of at least 4 members (excludes halogenated alkanes) is 1. The van der Waals surface area contributed by atoms with Crippen LogP contribution in [0.4, 0.5) is 5.69 Å². The first-order valence-electron chi connectivity index (χ1n) is 10.4. The van der Waals surface area contributed by atoms with Gasteiger partial charge in [-0.05, 0) is 49.6 Å². The van der Waals surface area contributed by atoms with E-state index in [9.17, 15) is 9.59 Å². The molecule has 0 saturated heterocycles. The van der Waals surface area contributed by atoms with Crippen molar-refractivity contribution in [3.8, 4) is 0 Å². The molecule has 0 fully saturated rings. The Morgan fingerprint density at radius 2 is 2.00 bits per heavy atom. The maximum Gasteiger partial charge on any atom is 0.297 e. The van der Waals surface area contributed by atoms with Crippen LogP contribution in [0, 0.1) is 13.8 Å². The first kappa shape index (κ1) is 21.2. The second-order valence-electron chi connectivity index (χ2n) is 7.64. The van der Waals surface area contributed by atoms with Crippen LogP contribution in [-0.2, 0) is 11.3 Å². The van der Waals surface area contributed by atoms with Crippen LogP contribution < -0.4 is 10.9 Å². The van der Waals surface area contributed by atoms with E-state index < -0.39 is 0 Å². The maximum absolute atomic E-state index is 13.2. The van der Waals surface area contributed by atoms with Crippen molar-refractivity contribution < 1.29 is 9.21 Å². The van der Waals surface area contributed by atoms with Gasteiger partial charge < -0.3 is 9.73 Å². The van der Waals surface area contributed by atoms with Crippen molar-refractivity contribution in [2.24, 2.45) is 0 Å². The minimum Gasteiger partial charge on any atom is -0.448 e. The third-order valence-corrected chi connectivity index (χ3v) is 6.16. The summed E-state index contributed by atoms with van der Waals surface area (Å²) in [6.45, 7) is 6.56. The van der Waals surface area contributed by atoms with E-state index in [0.29, 0.717) is 22.8 Å². The lowest BCUT2D eigenvalue weighted by Crippen LogP contribution is -2.24. The molecular weight excluding hydrogens is 410 g/mol. The van der Waals surface area contributed by atoms with Gasteiger partial charge in [0, 0.05) is 17.6 Å². The molecule has 0 bridgehead atoms. The van der Waals surface area contributed by atoms with Gasteiger partial charge in [0.05, 0.1) is 5.75 Å². The van der Waals surface area contributed by atoms with Gasteiger partial charge in [-0.3, -0.25) is 14.2 Å². The van der Waals surface area contributed by atoms with Gasteiger partial charge in [-0.15, -0.1) is 0 Å². The number of furan rings is 1. The number of anilines is 1. The molecule has 0 saturated carbocycles. The number of aromatic nitrogens is 2. The second kappa shape index (κ2) is 8.98. The molecule has 6 nitrogen and oxygen atoms in total. The number of thioether (sulfide) groups is 1. The predicted molar refractivity (Wildman–Crippen MR) is 126 cm³/mol. The van der Waals surface area contributed by atoms with Crippen LogP contribution in [-0.4, -0.2) is 21.2 Å². The first-order valence-corrected chi connectivity index (χ1v) is 11.4. The summed E-state index contributed by atoms with van der Waals surface area (Å²) in [6, 6.07) is 13.4.